The highest BCUT2D eigenvalue weighted by molar-refractivity contribution is 9.10. The van der Waals surface area contributed by atoms with Gasteiger partial charge in [0.25, 0.3) is 0 Å². The number of halogens is 1. The molecule has 2 nitrogen and oxygen atoms in total. The summed E-state index contributed by atoms with van der Waals surface area (Å²) >= 11 is 3.58. The molecule has 0 aliphatic heterocycles. The highest BCUT2D eigenvalue weighted by Crippen LogP contribution is 2.31. The first-order valence-electron chi connectivity index (χ1n) is 5.20. The van der Waals surface area contributed by atoms with E-state index in [4.69, 9.17) is 10.5 Å². The van der Waals surface area contributed by atoms with Crippen molar-refractivity contribution in [3.63, 3.8) is 0 Å². The molecule has 2 N–H and O–H groups in total. The van der Waals surface area contributed by atoms with Crippen molar-refractivity contribution < 1.29 is 4.74 Å². The Morgan fingerprint density at radius 3 is 2.60 bits per heavy atom. The topological polar surface area (TPSA) is 35.2 Å². The van der Waals surface area contributed by atoms with Gasteiger partial charge in [-0.2, -0.15) is 0 Å². The number of ether oxygens (including phenoxy) is 1. The predicted octanol–water partition coefficient (Wildman–Crippen LogP) is 3.08. The third-order valence-electron chi connectivity index (χ3n) is 2.67. The summed E-state index contributed by atoms with van der Waals surface area (Å²) in [4.78, 5) is 0. The minimum Gasteiger partial charge on any atom is -0.496 e. The molecule has 1 aromatic carbocycles. The Kier molecular flexibility index (Phi) is 4.61. The number of nitrogens with two attached hydrogens (primary N) is 1. The molecule has 0 spiro atoms. The van der Waals surface area contributed by atoms with Crippen LogP contribution < -0.4 is 10.5 Å². The molecule has 0 bridgehead atoms. The maximum absolute atomic E-state index is 5.66. The van der Waals surface area contributed by atoms with Gasteiger partial charge in [0.1, 0.15) is 5.75 Å². The zero-order valence-corrected chi connectivity index (χ0v) is 11.1. The van der Waals surface area contributed by atoms with Crippen molar-refractivity contribution >= 4 is 15.9 Å². The van der Waals surface area contributed by atoms with Crippen LogP contribution in [-0.2, 0) is 6.42 Å². The first kappa shape index (κ1) is 12.5. The molecular weight excluding hydrogens is 254 g/mol. The Morgan fingerprint density at radius 1 is 1.47 bits per heavy atom. The Morgan fingerprint density at radius 2 is 2.13 bits per heavy atom. The number of methoxy groups -OCH3 is 1. The van der Waals surface area contributed by atoms with Gasteiger partial charge in [0, 0.05) is 10.0 Å². The largest absolute Gasteiger partial charge is 0.496 e. The van der Waals surface area contributed by atoms with Gasteiger partial charge in [-0.15, -0.1) is 0 Å². The second-order valence-electron chi connectivity index (χ2n) is 3.67. The van der Waals surface area contributed by atoms with Crippen LogP contribution >= 0.6 is 15.9 Å². The standard InChI is InChI=1S/C12H18BrNO/c1-4-10-11(13)5-9(8(2)7-14)6-12(10)15-3/h5-6,8H,4,7,14H2,1-3H3. The average Bonchev–Trinajstić information content (AvgIpc) is 2.26. The Labute approximate surface area is 99.9 Å². The molecule has 1 atom stereocenters. The van der Waals surface area contributed by atoms with Crippen molar-refractivity contribution in [2.75, 3.05) is 13.7 Å². The quantitative estimate of drug-likeness (QED) is 0.914. The van der Waals surface area contributed by atoms with E-state index in [9.17, 15) is 0 Å². The van der Waals surface area contributed by atoms with Crippen molar-refractivity contribution in [3.8, 4) is 5.75 Å². The smallest absolute Gasteiger partial charge is 0.123 e. The van der Waals surface area contributed by atoms with E-state index in [1.54, 1.807) is 7.11 Å². The molecule has 0 aliphatic rings. The maximum atomic E-state index is 5.66. The van der Waals surface area contributed by atoms with Crippen molar-refractivity contribution in [3.05, 3.63) is 27.7 Å². The third kappa shape index (κ3) is 2.73. The summed E-state index contributed by atoms with van der Waals surface area (Å²) in [5.41, 5.74) is 8.09. The van der Waals surface area contributed by atoms with Crippen LogP contribution in [0.3, 0.4) is 0 Å². The van der Waals surface area contributed by atoms with E-state index in [2.05, 4.69) is 41.9 Å². The molecule has 0 heterocycles. The van der Waals surface area contributed by atoms with Gasteiger partial charge in [0.05, 0.1) is 7.11 Å². The van der Waals surface area contributed by atoms with E-state index in [0.717, 1.165) is 16.6 Å². The summed E-state index contributed by atoms with van der Waals surface area (Å²) < 4.78 is 6.49. The van der Waals surface area contributed by atoms with Gasteiger partial charge in [0.15, 0.2) is 0 Å². The fraction of sp³-hybridized carbons (Fsp3) is 0.500. The number of rotatable bonds is 4. The van der Waals surface area contributed by atoms with Crippen molar-refractivity contribution in [2.45, 2.75) is 26.2 Å². The van der Waals surface area contributed by atoms with Crippen LogP contribution in [0.4, 0.5) is 0 Å². The summed E-state index contributed by atoms with van der Waals surface area (Å²) in [6, 6.07) is 4.22. The lowest BCUT2D eigenvalue weighted by Gasteiger charge is -2.15. The molecule has 3 heteroatoms. The van der Waals surface area contributed by atoms with Gasteiger partial charge in [-0.3, -0.25) is 0 Å². The number of benzene rings is 1. The van der Waals surface area contributed by atoms with Gasteiger partial charge >= 0.3 is 0 Å². The van der Waals surface area contributed by atoms with Crippen molar-refractivity contribution in [1.29, 1.82) is 0 Å². The fourth-order valence-corrected chi connectivity index (χ4v) is 2.32. The van der Waals surface area contributed by atoms with E-state index in [1.807, 2.05) is 0 Å². The minimum atomic E-state index is 0.362. The third-order valence-corrected chi connectivity index (χ3v) is 3.38. The molecule has 0 saturated carbocycles. The van der Waals surface area contributed by atoms with E-state index in [1.165, 1.54) is 11.1 Å². The van der Waals surface area contributed by atoms with Gasteiger partial charge < -0.3 is 10.5 Å². The van der Waals surface area contributed by atoms with E-state index in [-0.39, 0.29) is 0 Å². The molecule has 15 heavy (non-hydrogen) atoms. The molecule has 0 aliphatic carbocycles. The van der Waals surface area contributed by atoms with Gasteiger partial charge in [-0.1, -0.05) is 29.8 Å². The van der Waals surface area contributed by atoms with Gasteiger partial charge in [-0.05, 0) is 36.6 Å². The van der Waals surface area contributed by atoms with E-state index >= 15 is 0 Å². The first-order chi connectivity index (χ1) is 7.13. The summed E-state index contributed by atoms with van der Waals surface area (Å²) in [5, 5.41) is 0. The van der Waals surface area contributed by atoms with Crippen LogP contribution in [0.2, 0.25) is 0 Å². The zero-order valence-electron chi connectivity index (χ0n) is 9.51. The zero-order chi connectivity index (χ0) is 11.4. The molecule has 0 saturated heterocycles. The molecule has 1 rings (SSSR count). The fourth-order valence-electron chi connectivity index (χ4n) is 1.58. The van der Waals surface area contributed by atoms with Crippen molar-refractivity contribution in [1.82, 2.24) is 0 Å². The van der Waals surface area contributed by atoms with Crippen LogP contribution in [0.5, 0.6) is 5.75 Å². The Balaban J connectivity index is 3.19. The second-order valence-corrected chi connectivity index (χ2v) is 4.53. The summed E-state index contributed by atoms with van der Waals surface area (Å²) in [6.07, 6.45) is 0.959. The van der Waals surface area contributed by atoms with Crippen LogP contribution in [0.15, 0.2) is 16.6 Å². The lowest BCUT2D eigenvalue weighted by molar-refractivity contribution is 0.409. The predicted molar refractivity (Wildman–Crippen MR) is 67.5 cm³/mol. The minimum absolute atomic E-state index is 0.362. The normalized spacial score (nSPS) is 12.6. The number of hydrogen-bond donors (Lipinski definition) is 1. The van der Waals surface area contributed by atoms with Crippen LogP contribution in [0.1, 0.15) is 30.9 Å². The number of hydrogen-bond acceptors (Lipinski definition) is 2. The second kappa shape index (κ2) is 5.52. The Hall–Kier alpha value is -0.540. The molecule has 0 fully saturated rings. The Bertz CT molecular complexity index is 339. The maximum Gasteiger partial charge on any atom is 0.123 e. The van der Waals surface area contributed by atoms with Crippen molar-refractivity contribution in [2.24, 2.45) is 5.73 Å². The SMILES string of the molecule is CCc1c(Br)cc(C(C)CN)cc1OC. The van der Waals surface area contributed by atoms with E-state index < -0.39 is 0 Å². The van der Waals surface area contributed by atoms with Crippen LogP contribution in [0.25, 0.3) is 0 Å². The first-order valence-corrected chi connectivity index (χ1v) is 5.99. The molecule has 0 radical (unpaired) electrons. The molecule has 0 amide bonds. The van der Waals surface area contributed by atoms with Gasteiger partial charge in [0.2, 0.25) is 0 Å². The summed E-state index contributed by atoms with van der Waals surface area (Å²) in [7, 11) is 1.71. The highest BCUT2D eigenvalue weighted by atomic mass is 79.9. The van der Waals surface area contributed by atoms with Crippen LogP contribution in [-0.4, -0.2) is 13.7 Å². The van der Waals surface area contributed by atoms with Gasteiger partial charge in [-0.25, -0.2) is 0 Å². The highest BCUT2D eigenvalue weighted by Gasteiger charge is 2.11. The molecule has 1 unspecified atom stereocenters. The molecular formula is C12H18BrNO. The lowest BCUT2D eigenvalue weighted by atomic mass is 9.98. The van der Waals surface area contributed by atoms with Crippen LogP contribution in [0, 0.1) is 0 Å². The van der Waals surface area contributed by atoms with E-state index in [0.29, 0.717) is 12.5 Å². The summed E-state index contributed by atoms with van der Waals surface area (Å²) in [5.74, 6) is 1.31. The average molecular weight is 272 g/mol. The molecule has 1 aromatic rings. The molecule has 84 valence electrons. The summed E-state index contributed by atoms with van der Waals surface area (Å²) in [6.45, 7) is 4.89. The molecule has 0 aromatic heterocycles. The lowest BCUT2D eigenvalue weighted by Crippen LogP contribution is -2.09. The monoisotopic (exact) mass is 271 g/mol.